The van der Waals surface area contributed by atoms with Gasteiger partial charge in [0.25, 0.3) is 0 Å². The Hall–Kier alpha value is -2.41. The van der Waals surface area contributed by atoms with E-state index >= 15 is 0 Å². The van der Waals surface area contributed by atoms with Crippen molar-refractivity contribution >= 4 is 5.97 Å². The minimum atomic E-state index is -4.74. The van der Waals surface area contributed by atoms with Crippen molar-refractivity contribution in [3.63, 3.8) is 0 Å². The molecule has 2 aromatic carbocycles. The molecule has 0 amide bonds. The van der Waals surface area contributed by atoms with E-state index in [0.29, 0.717) is 0 Å². The van der Waals surface area contributed by atoms with Gasteiger partial charge in [0, 0.05) is 0 Å². The summed E-state index contributed by atoms with van der Waals surface area (Å²) < 4.78 is 58.1. The Labute approximate surface area is 129 Å². The summed E-state index contributed by atoms with van der Waals surface area (Å²) in [5.41, 5.74) is 0.415. The molecular formula is C16H12F4O3. The zero-order chi connectivity index (χ0) is 17.0. The quantitative estimate of drug-likeness (QED) is 0.466. The SMILES string of the molecule is CC(OC(F)(F)F)c1ccc(C(=O)Oc2ccc(F)cc2)cc1. The molecule has 7 heteroatoms. The smallest absolute Gasteiger partial charge is 0.423 e. The number of hydrogen-bond donors (Lipinski definition) is 0. The van der Waals surface area contributed by atoms with E-state index in [2.05, 4.69) is 4.74 Å². The lowest BCUT2D eigenvalue weighted by Gasteiger charge is -2.15. The van der Waals surface area contributed by atoms with E-state index in [4.69, 9.17) is 4.74 Å². The van der Waals surface area contributed by atoms with Gasteiger partial charge in [0.15, 0.2) is 0 Å². The fraction of sp³-hybridized carbons (Fsp3) is 0.188. The van der Waals surface area contributed by atoms with Crippen molar-refractivity contribution in [3.05, 3.63) is 65.5 Å². The van der Waals surface area contributed by atoms with E-state index in [9.17, 15) is 22.4 Å². The van der Waals surface area contributed by atoms with Crippen LogP contribution in [0.3, 0.4) is 0 Å². The Kier molecular flexibility index (Phi) is 5.00. The molecule has 0 heterocycles. The van der Waals surface area contributed by atoms with Crippen LogP contribution in [0.2, 0.25) is 0 Å². The van der Waals surface area contributed by atoms with Gasteiger partial charge in [-0.3, -0.25) is 4.74 Å². The van der Waals surface area contributed by atoms with Crippen LogP contribution in [0.4, 0.5) is 17.6 Å². The van der Waals surface area contributed by atoms with Crippen molar-refractivity contribution < 1.29 is 31.8 Å². The Morgan fingerprint density at radius 2 is 1.57 bits per heavy atom. The maximum Gasteiger partial charge on any atom is 0.523 e. The van der Waals surface area contributed by atoms with E-state index in [1.807, 2.05) is 0 Å². The molecule has 0 aliphatic rings. The second-order valence-corrected chi connectivity index (χ2v) is 4.67. The summed E-state index contributed by atoms with van der Waals surface area (Å²) in [5.74, 6) is -1.00. The number of esters is 1. The molecule has 23 heavy (non-hydrogen) atoms. The summed E-state index contributed by atoms with van der Waals surface area (Å²) >= 11 is 0. The van der Waals surface area contributed by atoms with Crippen LogP contribution in [0.5, 0.6) is 5.75 Å². The molecule has 0 aliphatic heterocycles. The van der Waals surface area contributed by atoms with Gasteiger partial charge in [0.2, 0.25) is 0 Å². The zero-order valence-electron chi connectivity index (χ0n) is 11.9. The van der Waals surface area contributed by atoms with Crippen molar-refractivity contribution in [1.82, 2.24) is 0 Å². The Morgan fingerprint density at radius 3 is 2.09 bits per heavy atom. The fourth-order valence-corrected chi connectivity index (χ4v) is 1.83. The number of halogens is 4. The van der Waals surface area contributed by atoms with Crippen molar-refractivity contribution in [2.45, 2.75) is 19.4 Å². The van der Waals surface area contributed by atoms with Crippen LogP contribution in [0.1, 0.15) is 28.9 Å². The van der Waals surface area contributed by atoms with Gasteiger partial charge in [-0.2, -0.15) is 0 Å². The number of benzene rings is 2. The maximum absolute atomic E-state index is 12.8. The van der Waals surface area contributed by atoms with Crippen LogP contribution in [-0.4, -0.2) is 12.3 Å². The van der Waals surface area contributed by atoms with Gasteiger partial charge in [-0.15, -0.1) is 13.2 Å². The average Bonchev–Trinajstić information content (AvgIpc) is 2.48. The number of carbonyl (C=O) groups excluding carboxylic acids is 1. The largest absolute Gasteiger partial charge is 0.523 e. The molecule has 0 saturated heterocycles. The predicted molar refractivity (Wildman–Crippen MR) is 73.4 cm³/mol. The highest BCUT2D eigenvalue weighted by molar-refractivity contribution is 5.91. The Bertz CT molecular complexity index is 663. The lowest BCUT2D eigenvalue weighted by molar-refractivity contribution is -0.342. The molecule has 0 aromatic heterocycles. The van der Waals surface area contributed by atoms with Crippen molar-refractivity contribution in [3.8, 4) is 5.75 Å². The summed E-state index contributed by atoms with van der Waals surface area (Å²) in [7, 11) is 0. The van der Waals surface area contributed by atoms with E-state index < -0.39 is 24.3 Å². The van der Waals surface area contributed by atoms with Gasteiger partial charge in [-0.1, -0.05) is 12.1 Å². The topological polar surface area (TPSA) is 35.5 Å². The van der Waals surface area contributed by atoms with E-state index in [1.165, 1.54) is 43.3 Å². The van der Waals surface area contributed by atoms with Gasteiger partial charge in [-0.05, 0) is 48.9 Å². The monoisotopic (exact) mass is 328 g/mol. The molecule has 2 rings (SSSR count). The maximum atomic E-state index is 12.8. The normalized spacial score (nSPS) is 12.7. The summed E-state index contributed by atoms with van der Waals surface area (Å²) in [6, 6.07) is 10.2. The van der Waals surface area contributed by atoms with Crippen LogP contribution in [0.25, 0.3) is 0 Å². The molecule has 0 N–H and O–H groups in total. The summed E-state index contributed by atoms with van der Waals surface area (Å²) in [6.07, 6.45) is -5.93. The molecule has 3 nitrogen and oxygen atoms in total. The van der Waals surface area contributed by atoms with Crippen LogP contribution >= 0.6 is 0 Å². The van der Waals surface area contributed by atoms with Crippen LogP contribution < -0.4 is 4.74 Å². The highest BCUT2D eigenvalue weighted by Gasteiger charge is 2.32. The van der Waals surface area contributed by atoms with E-state index in [0.717, 1.165) is 12.1 Å². The molecular weight excluding hydrogens is 316 g/mol. The van der Waals surface area contributed by atoms with Gasteiger partial charge < -0.3 is 4.74 Å². The first-order valence-electron chi connectivity index (χ1n) is 6.57. The lowest BCUT2D eigenvalue weighted by atomic mass is 10.1. The highest BCUT2D eigenvalue weighted by atomic mass is 19.4. The number of carbonyl (C=O) groups is 1. The molecule has 2 aromatic rings. The number of ether oxygens (including phenoxy) is 2. The molecule has 0 saturated carbocycles. The second kappa shape index (κ2) is 6.78. The summed E-state index contributed by atoms with van der Waals surface area (Å²) in [4.78, 5) is 11.9. The van der Waals surface area contributed by atoms with Crippen LogP contribution in [0, 0.1) is 5.82 Å². The first-order valence-corrected chi connectivity index (χ1v) is 6.57. The number of hydrogen-bond acceptors (Lipinski definition) is 3. The summed E-state index contributed by atoms with van der Waals surface area (Å²) in [6.45, 7) is 1.25. The molecule has 0 radical (unpaired) electrons. The molecule has 1 atom stereocenters. The first-order chi connectivity index (χ1) is 10.7. The molecule has 0 spiro atoms. The van der Waals surface area contributed by atoms with E-state index in [-0.39, 0.29) is 16.9 Å². The van der Waals surface area contributed by atoms with Gasteiger partial charge in [0.1, 0.15) is 11.6 Å². The minimum Gasteiger partial charge on any atom is -0.423 e. The highest BCUT2D eigenvalue weighted by Crippen LogP contribution is 2.27. The van der Waals surface area contributed by atoms with Crippen molar-refractivity contribution in [2.75, 3.05) is 0 Å². The lowest BCUT2D eigenvalue weighted by Crippen LogP contribution is -2.16. The third kappa shape index (κ3) is 5.07. The first kappa shape index (κ1) is 17.0. The molecule has 1 unspecified atom stereocenters. The fourth-order valence-electron chi connectivity index (χ4n) is 1.83. The van der Waals surface area contributed by atoms with Crippen LogP contribution in [-0.2, 0) is 4.74 Å². The third-order valence-corrected chi connectivity index (χ3v) is 2.95. The average molecular weight is 328 g/mol. The molecule has 0 fully saturated rings. The van der Waals surface area contributed by atoms with Crippen molar-refractivity contribution in [1.29, 1.82) is 0 Å². The van der Waals surface area contributed by atoms with Gasteiger partial charge >= 0.3 is 12.3 Å². The minimum absolute atomic E-state index is 0.150. The molecule has 0 aliphatic carbocycles. The number of alkyl halides is 3. The molecule has 122 valence electrons. The van der Waals surface area contributed by atoms with Gasteiger partial charge in [-0.25, -0.2) is 9.18 Å². The molecule has 0 bridgehead atoms. The second-order valence-electron chi connectivity index (χ2n) is 4.67. The standard InChI is InChI=1S/C16H12F4O3/c1-10(23-16(18,19)20)11-2-4-12(5-3-11)15(21)22-14-8-6-13(17)7-9-14/h2-10H,1H3. The van der Waals surface area contributed by atoms with Crippen molar-refractivity contribution in [2.24, 2.45) is 0 Å². The zero-order valence-corrected chi connectivity index (χ0v) is 11.9. The third-order valence-electron chi connectivity index (χ3n) is 2.95. The Morgan fingerprint density at radius 1 is 1.00 bits per heavy atom. The van der Waals surface area contributed by atoms with Crippen LogP contribution in [0.15, 0.2) is 48.5 Å². The predicted octanol–water partition coefficient (Wildman–Crippen LogP) is 4.64. The number of rotatable bonds is 4. The van der Waals surface area contributed by atoms with E-state index in [1.54, 1.807) is 0 Å². The van der Waals surface area contributed by atoms with Gasteiger partial charge in [0.05, 0.1) is 11.7 Å². The summed E-state index contributed by atoms with van der Waals surface area (Å²) in [5, 5.41) is 0. The Balaban J connectivity index is 2.04.